The molecule has 5 nitrogen and oxygen atoms in total. The number of para-hydroxylation sites is 1. The largest absolute Gasteiger partial charge is 0.332 e. The molecule has 0 aliphatic rings. The number of nitrogens with zero attached hydrogens (tertiary/aromatic N) is 2. The van der Waals surface area contributed by atoms with Crippen molar-refractivity contribution in [2.75, 3.05) is 0 Å². The van der Waals surface area contributed by atoms with Crippen molar-refractivity contribution in [3.63, 3.8) is 0 Å². The molecule has 0 fully saturated rings. The third kappa shape index (κ3) is 2.17. The summed E-state index contributed by atoms with van der Waals surface area (Å²) >= 11 is 0. The van der Waals surface area contributed by atoms with Crippen LogP contribution in [0.3, 0.4) is 0 Å². The normalized spacial score (nSPS) is 11.2. The summed E-state index contributed by atoms with van der Waals surface area (Å²) in [6.45, 7) is 4.42. The Balaban J connectivity index is 3.05. The lowest BCUT2D eigenvalue weighted by Crippen LogP contribution is -2.42. The molecule has 1 aromatic heterocycles. The summed E-state index contributed by atoms with van der Waals surface area (Å²) in [6, 6.07) is 3.65. The number of halogens is 1. The molecular formula is C14H15FN2O3. The van der Waals surface area contributed by atoms with Crippen LogP contribution >= 0.6 is 0 Å². The Bertz CT molecular complexity index is 802. The van der Waals surface area contributed by atoms with Crippen LogP contribution in [-0.4, -0.2) is 14.9 Å². The topological polar surface area (TPSA) is 61.1 Å². The first-order valence-electron chi connectivity index (χ1n) is 6.27. The summed E-state index contributed by atoms with van der Waals surface area (Å²) in [5.74, 6) is -0.973. The minimum atomic E-state index is -0.686. The van der Waals surface area contributed by atoms with Crippen molar-refractivity contribution in [2.45, 2.75) is 33.4 Å². The number of fused-ring (bicyclic) bond motifs is 1. The maximum Gasteiger partial charge on any atom is 0.332 e. The van der Waals surface area contributed by atoms with Gasteiger partial charge in [0.2, 0.25) is 0 Å². The Morgan fingerprint density at radius 3 is 2.50 bits per heavy atom. The molecule has 106 valence electrons. The molecule has 0 saturated carbocycles. The van der Waals surface area contributed by atoms with Crippen molar-refractivity contribution < 1.29 is 9.18 Å². The molecule has 0 aliphatic carbocycles. The number of carbonyl (C=O) groups excluding carboxylic acids is 1. The molecule has 0 saturated heterocycles. The standard InChI is InChI=1S/C14H15FN2O3/c1-8(2)17-13(19)10-5-4-6-11(15)12(10)16(14(17)20)7-9(3)18/h4-6,8H,7H2,1-3H3. The van der Waals surface area contributed by atoms with Gasteiger partial charge in [0.05, 0.1) is 17.4 Å². The maximum atomic E-state index is 14.0. The molecule has 6 heteroatoms. The predicted molar refractivity (Wildman–Crippen MR) is 73.5 cm³/mol. The Morgan fingerprint density at radius 2 is 1.95 bits per heavy atom. The highest BCUT2D eigenvalue weighted by Gasteiger charge is 2.18. The summed E-state index contributed by atoms with van der Waals surface area (Å²) in [7, 11) is 0. The van der Waals surface area contributed by atoms with Gasteiger partial charge in [-0.3, -0.25) is 18.7 Å². The fourth-order valence-corrected chi connectivity index (χ4v) is 2.23. The van der Waals surface area contributed by atoms with E-state index in [1.54, 1.807) is 13.8 Å². The number of hydrogen-bond acceptors (Lipinski definition) is 3. The average molecular weight is 278 g/mol. The van der Waals surface area contributed by atoms with Crippen LogP contribution in [-0.2, 0) is 11.3 Å². The number of benzene rings is 1. The van der Waals surface area contributed by atoms with E-state index < -0.39 is 17.1 Å². The second-order valence-corrected chi connectivity index (χ2v) is 4.98. The molecule has 2 aromatic rings. The predicted octanol–water partition coefficient (Wildman–Crippen LogP) is 1.47. The van der Waals surface area contributed by atoms with Gasteiger partial charge in [0, 0.05) is 6.04 Å². The van der Waals surface area contributed by atoms with E-state index in [2.05, 4.69) is 0 Å². The van der Waals surface area contributed by atoms with Gasteiger partial charge >= 0.3 is 5.69 Å². The highest BCUT2D eigenvalue weighted by atomic mass is 19.1. The number of carbonyl (C=O) groups is 1. The highest BCUT2D eigenvalue weighted by molar-refractivity contribution is 5.81. The van der Waals surface area contributed by atoms with E-state index in [9.17, 15) is 18.8 Å². The summed E-state index contributed by atoms with van der Waals surface area (Å²) < 4.78 is 16.0. The van der Waals surface area contributed by atoms with Crippen LogP contribution in [0.5, 0.6) is 0 Å². The number of rotatable bonds is 3. The van der Waals surface area contributed by atoms with Crippen LogP contribution in [0, 0.1) is 5.82 Å². The van der Waals surface area contributed by atoms with Crippen LogP contribution in [0.2, 0.25) is 0 Å². The van der Waals surface area contributed by atoms with Gasteiger partial charge in [-0.1, -0.05) is 6.07 Å². The number of aromatic nitrogens is 2. The number of Topliss-reactive ketones (excluding diaryl/α,β-unsaturated/α-hetero) is 1. The zero-order valence-electron chi connectivity index (χ0n) is 11.5. The van der Waals surface area contributed by atoms with Gasteiger partial charge in [-0.25, -0.2) is 9.18 Å². The van der Waals surface area contributed by atoms with Crippen molar-refractivity contribution in [2.24, 2.45) is 0 Å². The third-order valence-electron chi connectivity index (χ3n) is 3.04. The first kappa shape index (κ1) is 14.2. The van der Waals surface area contributed by atoms with E-state index in [0.29, 0.717) is 0 Å². The maximum absolute atomic E-state index is 14.0. The van der Waals surface area contributed by atoms with E-state index in [-0.39, 0.29) is 29.3 Å². The van der Waals surface area contributed by atoms with E-state index in [0.717, 1.165) is 15.2 Å². The average Bonchev–Trinajstić information content (AvgIpc) is 2.34. The van der Waals surface area contributed by atoms with E-state index in [1.165, 1.54) is 19.1 Å². The molecule has 1 aromatic carbocycles. The van der Waals surface area contributed by atoms with Gasteiger partial charge in [0.25, 0.3) is 5.56 Å². The van der Waals surface area contributed by atoms with Crippen LogP contribution in [0.25, 0.3) is 10.9 Å². The molecule has 0 bridgehead atoms. The molecule has 0 atom stereocenters. The van der Waals surface area contributed by atoms with Crippen LogP contribution in [0.4, 0.5) is 4.39 Å². The fourth-order valence-electron chi connectivity index (χ4n) is 2.23. The molecule has 2 rings (SSSR count). The first-order valence-corrected chi connectivity index (χ1v) is 6.27. The zero-order valence-corrected chi connectivity index (χ0v) is 11.5. The monoisotopic (exact) mass is 278 g/mol. The smallest absolute Gasteiger partial charge is 0.298 e. The molecule has 0 radical (unpaired) electrons. The van der Waals surface area contributed by atoms with Crippen molar-refractivity contribution in [3.8, 4) is 0 Å². The van der Waals surface area contributed by atoms with E-state index in [1.807, 2.05) is 0 Å². The second-order valence-electron chi connectivity index (χ2n) is 4.98. The van der Waals surface area contributed by atoms with Gasteiger partial charge in [0.15, 0.2) is 0 Å². The lowest BCUT2D eigenvalue weighted by atomic mass is 10.2. The minimum Gasteiger partial charge on any atom is -0.298 e. The summed E-state index contributed by atoms with van der Waals surface area (Å²) in [4.78, 5) is 35.9. The molecule has 0 spiro atoms. The molecule has 0 unspecified atom stereocenters. The summed E-state index contributed by atoms with van der Waals surface area (Å²) in [6.07, 6.45) is 0. The minimum absolute atomic E-state index is 0.0968. The first-order chi connectivity index (χ1) is 9.34. The van der Waals surface area contributed by atoms with Crippen molar-refractivity contribution in [1.82, 2.24) is 9.13 Å². The Hall–Kier alpha value is -2.24. The van der Waals surface area contributed by atoms with Gasteiger partial charge in [0.1, 0.15) is 11.6 Å². The third-order valence-corrected chi connectivity index (χ3v) is 3.04. The van der Waals surface area contributed by atoms with E-state index in [4.69, 9.17) is 0 Å². The zero-order chi connectivity index (χ0) is 15.0. The Morgan fingerprint density at radius 1 is 1.30 bits per heavy atom. The van der Waals surface area contributed by atoms with Crippen molar-refractivity contribution in [1.29, 1.82) is 0 Å². The summed E-state index contributed by atoms with van der Waals surface area (Å²) in [5, 5.41) is 0.0968. The van der Waals surface area contributed by atoms with Gasteiger partial charge in [-0.15, -0.1) is 0 Å². The lowest BCUT2D eigenvalue weighted by molar-refractivity contribution is -0.117. The van der Waals surface area contributed by atoms with Crippen LogP contribution in [0.1, 0.15) is 26.8 Å². The molecule has 0 N–H and O–H groups in total. The second kappa shape index (κ2) is 5.03. The fraction of sp³-hybridized carbons (Fsp3) is 0.357. The molecular weight excluding hydrogens is 263 g/mol. The van der Waals surface area contributed by atoms with Gasteiger partial charge < -0.3 is 0 Å². The molecule has 0 amide bonds. The molecule has 1 heterocycles. The molecule has 0 aliphatic heterocycles. The van der Waals surface area contributed by atoms with Crippen LogP contribution < -0.4 is 11.2 Å². The molecule has 20 heavy (non-hydrogen) atoms. The van der Waals surface area contributed by atoms with Gasteiger partial charge in [-0.2, -0.15) is 0 Å². The SMILES string of the molecule is CC(=O)Cn1c(=O)n(C(C)C)c(=O)c2cccc(F)c21. The van der Waals surface area contributed by atoms with Crippen molar-refractivity contribution >= 4 is 16.7 Å². The quantitative estimate of drug-likeness (QED) is 0.854. The van der Waals surface area contributed by atoms with Crippen LogP contribution in [0.15, 0.2) is 27.8 Å². The Labute approximate surface area is 114 Å². The van der Waals surface area contributed by atoms with Gasteiger partial charge in [-0.05, 0) is 32.9 Å². The highest BCUT2D eigenvalue weighted by Crippen LogP contribution is 2.13. The summed E-state index contributed by atoms with van der Waals surface area (Å²) in [5.41, 5.74) is -1.33. The van der Waals surface area contributed by atoms with E-state index >= 15 is 0 Å². The van der Waals surface area contributed by atoms with Crippen molar-refractivity contribution in [3.05, 3.63) is 44.9 Å². The number of hydrogen-bond donors (Lipinski definition) is 0. The number of ketones is 1. The lowest BCUT2D eigenvalue weighted by Gasteiger charge is -2.15. The Kier molecular flexibility index (Phi) is 3.57.